The van der Waals surface area contributed by atoms with Gasteiger partial charge in [-0.3, -0.25) is 4.79 Å². The fourth-order valence-electron chi connectivity index (χ4n) is 1.52. The van der Waals surface area contributed by atoms with Crippen molar-refractivity contribution < 1.29 is 19.8 Å². The van der Waals surface area contributed by atoms with Gasteiger partial charge in [0, 0.05) is 13.0 Å². The first-order valence-corrected chi connectivity index (χ1v) is 5.68. The number of aliphatic carboxylic acids is 1. The SMILES string of the molecule is CCC[C@@H](CO)CC(=O)N[C@@H](CC)C(=O)O. The quantitative estimate of drug-likeness (QED) is 0.575. The average Bonchev–Trinajstić information content (AvgIpc) is 2.24. The van der Waals surface area contributed by atoms with Crippen LogP contribution >= 0.6 is 0 Å². The maximum atomic E-state index is 11.5. The third-order valence-corrected chi connectivity index (χ3v) is 2.47. The van der Waals surface area contributed by atoms with Crippen LogP contribution in [-0.2, 0) is 9.59 Å². The van der Waals surface area contributed by atoms with Crippen LogP contribution in [0.5, 0.6) is 0 Å². The van der Waals surface area contributed by atoms with Crippen molar-refractivity contribution >= 4 is 11.9 Å². The van der Waals surface area contributed by atoms with Crippen molar-refractivity contribution in [2.45, 2.75) is 45.6 Å². The predicted octanol–water partition coefficient (Wildman–Crippen LogP) is 0.764. The number of hydrogen-bond donors (Lipinski definition) is 3. The number of carboxylic acids is 1. The van der Waals surface area contributed by atoms with E-state index in [0.717, 1.165) is 12.8 Å². The fourth-order valence-corrected chi connectivity index (χ4v) is 1.52. The number of aliphatic hydroxyl groups excluding tert-OH is 1. The lowest BCUT2D eigenvalue weighted by Crippen LogP contribution is -2.41. The summed E-state index contributed by atoms with van der Waals surface area (Å²) in [7, 11) is 0. The summed E-state index contributed by atoms with van der Waals surface area (Å²) in [5.41, 5.74) is 0. The molecule has 0 bridgehead atoms. The van der Waals surface area contributed by atoms with Crippen molar-refractivity contribution in [3.8, 4) is 0 Å². The molecule has 0 fully saturated rings. The Morgan fingerprint density at radius 1 is 1.31 bits per heavy atom. The first-order chi connectivity index (χ1) is 7.54. The second-order valence-electron chi connectivity index (χ2n) is 3.91. The lowest BCUT2D eigenvalue weighted by molar-refractivity contribution is -0.142. The van der Waals surface area contributed by atoms with Crippen LogP contribution in [0.3, 0.4) is 0 Å². The molecule has 0 rings (SSSR count). The molecular formula is C11H21NO4. The number of amides is 1. The smallest absolute Gasteiger partial charge is 0.326 e. The van der Waals surface area contributed by atoms with Gasteiger partial charge in [-0.2, -0.15) is 0 Å². The van der Waals surface area contributed by atoms with Gasteiger partial charge in [0.1, 0.15) is 6.04 Å². The van der Waals surface area contributed by atoms with Crippen LogP contribution in [0.25, 0.3) is 0 Å². The van der Waals surface area contributed by atoms with E-state index in [0.29, 0.717) is 6.42 Å². The van der Waals surface area contributed by atoms with Gasteiger partial charge < -0.3 is 15.5 Å². The van der Waals surface area contributed by atoms with Gasteiger partial charge in [-0.25, -0.2) is 4.79 Å². The zero-order valence-electron chi connectivity index (χ0n) is 9.90. The summed E-state index contributed by atoms with van der Waals surface area (Å²) in [6.07, 6.45) is 2.22. The molecule has 3 N–H and O–H groups in total. The fraction of sp³-hybridized carbons (Fsp3) is 0.818. The molecule has 1 amide bonds. The minimum Gasteiger partial charge on any atom is -0.480 e. The normalized spacial score (nSPS) is 14.2. The monoisotopic (exact) mass is 231 g/mol. The highest BCUT2D eigenvalue weighted by Crippen LogP contribution is 2.10. The molecule has 0 aromatic carbocycles. The van der Waals surface area contributed by atoms with Crippen LogP contribution in [0.2, 0.25) is 0 Å². The number of hydrogen-bond acceptors (Lipinski definition) is 3. The standard InChI is InChI=1S/C11H21NO4/c1-3-5-8(7-13)6-10(14)12-9(4-2)11(15)16/h8-9,13H,3-7H2,1-2H3,(H,12,14)(H,15,16)/t8-,9+/m1/s1. The van der Waals surface area contributed by atoms with Gasteiger partial charge in [-0.05, 0) is 18.8 Å². The summed E-state index contributed by atoms with van der Waals surface area (Å²) in [4.78, 5) is 22.2. The largest absolute Gasteiger partial charge is 0.480 e. The van der Waals surface area contributed by atoms with Crippen molar-refractivity contribution in [3.63, 3.8) is 0 Å². The van der Waals surface area contributed by atoms with E-state index in [1.54, 1.807) is 6.92 Å². The van der Waals surface area contributed by atoms with Gasteiger partial charge in [-0.15, -0.1) is 0 Å². The Bertz CT molecular complexity index is 230. The minimum absolute atomic E-state index is 0.0366. The number of aliphatic hydroxyl groups is 1. The number of nitrogens with one attached hydrogen (secondary N) is 1. The molecule has 2 atom stereocenters. The summed E-state index contributed by atoms with van der Waals surface area (Å²) in [5.74, 6) is -1.40. The summed E-state index contributed by atoms with van der Waals surface area (Å²) >= 11 is 0. The lowest BCUT2D eigenvalue weighted by atomic mass is 10.0. The van der Waals surface area contributed by atoms with Gasteiger partial charge in [0.2, 0.25) is 5.91 Å². The average molecular weight is 231 g/mol. The summed E-state index contributed by atoms with van der Waals surface area (Å²) in [6.45, 7) is 3.65. The molecule has 0 aromatic rings. The van der Waals surface area contributed by atoms with Gasteiger partial charge >= 0.3 is 5.97 Å². The van der Waals surface area contributed by atoms with Gasteiger partial charge in [0.05, 0.1) is 0 Å². The Morgan fingerprint density at radius 2 is 1.94 bits per heavy atom. The molecule has 0 aromatic heterocycles. The van der Waals surface area contributed by atoms with E-state index in [-0.39, 0.29) is 24.9 Å². The number of rotatable bonds is 8. The second-order valence-corrected chi connectivity index (χ2v) is 3.91. The van der Waals surface area contributed by atoms with Crippen LogP contribution < -0.4 is 5.32 Å². The molecule has 16 heavy (non-hydrogen) atoms. The van der Waals surface area contributed by atoms with E-state index in [2.05, 4.69) is 5.32 Å². The van der Waals surface area contributed by atoms with Crippen molar-refractivity contribution in [2.75, 3.05) is 6.61 Å². The van der Waals surface area contributed by atoms with E-state index < -0.39 is 12.0 Å². The summed E-state index contributed by atoms with van der Waals surface area (Å²) < 4.78 is 0. The van der Waals surface area contributed by atoms with Crippen molar-refractivity contribution in [3.05, 3.63) is 0 Å². The van der Waals surface area contributed by atoms with E-state index in [9.17, 15) is 9.59 Å². The van der Waals surface area contributed by atoms with E-state index >= 15 is 0 Å². The molecule has 0 saturated heterocycles. The molecule has 0 unspecified atom stereocenters. The molecule has 94 valence electrons. The van der Waals surface area contributed by atoms with Crippen molar-refractivity contribution in [1.82, 2.24) is 5.32 Å². The third kappa shape index (κ3) is 5.70. The molecule has 0 aliphatic carbocycles. The van der Waals surface area contributed by atoms with E-state index in [4.69, 9.17) is 10.2 Å². The number of carboxylic acid groups (broad SMARTS) is 1. The van der Waals surface area contributed by atoms with Crippen LogP contribution in [0, 0.1) is 5.92 Å². The van der Waals surface area contributed by atoms with Crippen LogP contribution in [0.1, 0.15) is 39.5 Å². The van der Waals surface area contributed by atoms with Crippen LogP contribution in [-0.4, -0.2) is 34.7 Å². The predicted molar refractivity (Wildman–Crippen MR) is 60.0 cm³/mol. The Morgan fingerprint density at radius 3 is 2.31 bits per heavy atom. The van der Waals surface area contributed by atoms with Gasteiger partial charge in [0.25, 0.3) is 0 Å². The maximum absolute atomic E-state index is 11.5. The molecular weight excluding hydrogens is 210 g/mol. The molecule has 0 aliphatic heterocycles. The zero-order valence-corrected chi connectivity index (χ0v) is 9.90. The first kappa shape index (κ1) is 14.9. The van der Waals surface area contributed by atoms with E-state index in [1.807, 2.05) is 6.92 Å². The van der Waals surface area contributed by atoms with Gasteiger partial charge in [-0.1, -0.05) is 20.3 Å². The molecule has 5 nitrogen and oxygen atoms in total. The van der Waals surface area contributed by atoms with Crippen LogP contribution in [0.15, 0.2) is 0 Å². The maximum Gasteiger partial charge on any atom is 0.326 e. The second kappa shape index (κ2) is 8.10. The third-order valence-electron chi connectivity index (χ3n) is 2.47. The topological polar surface area (TPSA) is 86.6 Å². The van der Waals surface area contributed by atoms with Crippen LogP contribution in [0.4, 0.5) is 0 Å². The van der Waals surface area contributed by atoms with Crippen molar-refractivity contribution in [1.29, 1.82) is 0 Å². The molecule has 0 radical (unpaired) electrons. The molecule has 0 heterocycles. The molecule has 0 aliphatic rings. The first-order valence-electron chi connectivity index (χ1n) is 5.68. The summed E-state index contributed by atoms with van der Waals surface area (Å²) in [6, 6.07) is -0.825. The van der Waals surface area contributed by atoms with Crippen molar-refractivity contribution in [2.24, 2.45) is 5.92 Å². The molecule has 0 spiro atoms. The Kier molecular flexibility index (Phi) is 7.54. The Balaban J connectivity index is 4.09. The number of carbonyl (C=O) groups excluding carboxylic acids is 1. The number of carbonyl (C=O) groups is 2. The van der Waals surface area contributed by atoms with Gasteiger partial charge in [0.15, 0.2) is 0 Å². The summed E-state index contributed by atoms with van der Waals surface area (Å²) in [5, 5.41) is 20.2. The van der Waals surface area contributed by atoms with E-state index in [1.165, 1.54) is 0 Å². The lowest BCUT2D eigenvalue weighted by Gasteiger charge is -2.16. The molecule has 5 heteroatoms. The molecule has 0 saturated carbocycles. The Hall–Kier alpha value is -1.10. The highest BCUT2D eigenvalue weighted by Gasteiger charge is 2.19. The minimum atomic E-state index is -1.02. The highest BCUT2D eigenvalue weighted by atomic mass is 16.4. The highest BCUT2D eigenvalue weighted by molar-refractivity contribution is 5.83. The zero-order chi connectivity index (χ0) is 12.6. The Labute approximate surface area is 95.9 Å².